The van der Waals surface area contributed by atoms with E-state index in [2.05, 4.69) is 13.8 Å². The summed E-state index contributed by atoms with van der Waals surface area (Å²) in [4.78, 5) is 0. The van der Waals surface area contributed by atoms with E-state index in [1.165, 1.54) is 23.7 Å². The maximum atomic E-state index is 2.46. The summed E-state index contributed by atoms with van der Waals surface area (Å²) >= 11 is 0. The molecule has 4 atom stereocenters. The van der Waals surface area contributed by atoms with E-state index in [1.54, 1.807) is 12.8 Å². The van der Waals surface area contributed by atoms with Crippen LogP contribution in [0.2, 0.25) is 0 Å². The van der Waals surface area contributed by atoms with Crippen molar-refractivity contribution in [2.24, 2.45) is 35.5 Å². The Kier molecular flexibility index (Phi) is 0.810. The minimum absolute atomic E-state index is 1.07. The summed E-state index contributed by atoms with van der Waals surface area (Å²) in [6.45, 7) is 4.93. The molecule has 0 amide bonds. The molecule has 0 radical (unpaired) electrons. The van der Waals surface area contributed by atoms with Gasteiger partial charge in [-0.1, -0.05) is 13.8 Å². The number of rotatable bonds is 0. The molecule has 0 N–H and O–H groups in total. The molecule has 0 saturated heterocycles. The van der Waals surface area contributed by atoms with Crippen LogP contribution in [0.3, 0.4) is 0 Å². The van der Waals surface area contributed by atoms with Crippen LogP contribution in [0, 0.1) is 35.5 Å². The Morgan fingerprint density at radius 2 is 1.20 bits per heavy atom. The van der Waals surface area contributed by atoms with Crippen molar-refractivity contribution in [1.82, 2.24) is 0 Å². The van der Waals surface area contributed by atoms with Crippen molar-refractivity contribution in [3.63, 3.8) is 0 Å². The third-order valence-corrected chi connectivity index (χ3v) is 4.79. The van der Waals surface area contributed by atoms with Crippen molar-refractivity contribution in [2.75, 3.05) is 0 Å². The van der Waals surface area contributed by atoms with E-state index >= 15 is 0 Å². The zero-order chi connectivity index (χ0) is 6.88. The molecule has 0 aromatic rings. The van der Waals surface area contributed by atoms with E-state index in [0.717, 1.165) is 11.8 Å². The van der Waals surface area contributed by atoms with Gasteiger partial charge in [-0.2, -0.15) is 0 Å². The van der Waals surface area contributed by atoms with Gasteiger partial charge >= 0.3 is 0 Å². The second kappa shape index (κ2) is 1.44. The lowest BCUT2D eigenvalue weighted by molar-refractivity contribution is 0.0252. The summed E-state index contributed by atoms with van der Waals surface area (Å²) in [5, 5.41) is 0. The van der Waals surface area contributed by atoms with Crippen LogP contribution in [0.5, 0.6) is 0 Å². The molecule has 4 rings (SSSR count). The third kappa shape index (κ3) is 0.383. The van der Waals surface area contributed by atoms with Gasteiger partial charge in [0.15, 0.2) is 0 Å². The average Bonchev–Trinajstić information content (AvgIpc) is 2.33. The standard InChI is InChI=1S/C10H16/c1-5-6(2)10-8-3-7(4-8)9(5)10/h5-10H,3-4H2,1-2H3. The first kappa shape index (κ1) is 5.62. The molecule has 0 aliphatic heterocycles. The Balaban J connectivity index is 1.92. The summed E-state index contributed by atoms with van der Waals surface area (Å²) in [5.74, 6) is 6.87. The fourth-order valence-corrected chi connectivity index (χ4v) is 4.08. The number of hydrogen-bond acceptors (Lipinski definition) is 0. The van der Waals surface area contributed by atoms with Gasteiger partial charge in [0.25, 0.3) is 0 Å². The summed E-state index contributed by atoms with van der Waals surface area (Å²) < 4.78 is 0. The second-order valence-corrected chi connectivity index (χ2v) is 4.86. The van der Waals surface area contributed by atoms with Crippen LogP contribution in [0.1, 0.15) is 26.7 Å². The first-order valence-electron chi connectivity index (χ1n) is 4.79. The highest BCUT2D eigenvalue weighted by Gasteiger charge is 2.62. The van der Waals surface area contributed by atoms with Gasteiger partial charge in [-0.3, -0.25) is 0 Å². The Labute approximate surface area is 63.0 Å². The maximum Gasteiger partial charge on any atom is -0.0323 e. The molecule has 4 saturated carbocycles. The van der Waals surface area contributed by atoms with Crippen LogP contribution >= 0.6 is 0 Å². The number of hydrogen-bond donors (Lipinski definition) is 0. The molecule has 4 unspecified atom stereocenters. The molecule has 0 heterocycles. The molecule has 10 heavy (non-hydrogen) atoms. The Bertz CT molecular complexity index is 149. The van der Waals surface area contributed by atoms with Crippen molar-refractivity contribution in [3.05, 3.63) is 0 Å². The highest BCUT2D eigenvalue weighted by Crippen LogP contribution is 2.69. The summed E-state index contributed by atoms with van der Waals surface area (Å²) in [6.07, 6.45) is 3.20. The minimum Gasteiger partial charge on any atom is -0.0620 e. The highest BCUT2D eigenvalue weighted by molar-refractivity contribution is 5.11. The molecule has 4 fully saturated rings. The predicted molar refractivity (Wildman–Crippen MR) is 41.5 cm³/mol. The van der Waals surface area contributed by atoms with Crippen molar-refractivity contribution in [2.45, 2.75) is 26.7 Å². The van der Waals surface area contributed by atoms with Gasteiger partial charge < -0.3 is 0 Å². The average molecular weight is 136 g/mol. The molecule has 0 heteroatoms. The monoisotopic (exact) mass is 136 g/mol. The largest absolute Gasteiger partial charge is 0.0620 e. The fourth-order valence-electron chi connectivity index (χ4n) is 4.08. The quantitative estimate of drug-likeness (QED) is 0.480. The smallest absolute Gasteiger partial charge is 0.0323 e. The van der Waals surface area contributed by atoms with E-state index in [9.17, 15) is 0 Å². The van der Waals surface area contributed by atoms with Crippen LogP contribution in [0.25, 0.3) is 0 Å². The van der Waals surface area contributed by atoms with E-state index in [4.69, 9.17) is 0 Å². The van der Waals surface area contributed by atoms with E-state index in [0.29, 0.717) is 0 Å². The lowest BCUT2D eigenvalue weighted by Gasteiger charge is -2.45. The van der Waals surface area contributed by atoms with Crippen LogP contribution in [0.4, 0.5) is 0 Å². The van der Waals surface area contributed by atoms with Crippen molar-refractivity contribution >= 4 is 0 Å². The van der Waals surface area contributed by atoms with Crippen LogP contribution < -0.4 is 0 Å². The van der Waals surface area contributed by atoms with Gasteiger partial charge in [-0.15, -0.1) is 0 Å². The van der Waals surface area contributed by atoms with E-state index in [-0.39, 0.29) is 0 Å². The van der Waals surface area contributed by atoms with E-state index in [1.807, 2.05) is 0 Å². The van der Waals surface area contributed by atoms with Crippen molar-refractivity contribution < 1.29 is 0 Å². The molecule has 0 aromatic heterocycles. The van der Waals surface area contributed by atoms with Crippen molar-refractivity contribution in [3.8, 4) is 0 Å². The predicted octanol–water partition coefficient (Wildman–Crippen LogP) is 2.54. The fraction of sp³-hybridized carbons (Fsp3) is 1.00. The molecule has 0 aromatic carbocycles. The van der Waals surface area contributed by atoms with Gasteiger partial charge in [0.1, 0.15) is 0 Å². The van der Waals surface area contributed by atoms with Crippen LogP contribution in [-0.4, -0.2) is 0 Å². The Hall–Kier alpha value is 0. The molecule has 0 nitrogen and oxygen atoms in total. The topological polar surface area (TPSA) is 0 Å². The van der Waals surface area contributed by atoms with Crippen LogP contribution in [0.15, 0.2) is 0 Å². The third-order valence-electron chi connectivity index (χ3n) is 4.79. The zero-order valence-electron chi connectivity index (χ0n) is 6.88. The molecule has 4 aliphatic carbocycles. The normalized spacial score (nSPS) is 70.2. The lowest BCUT2D eigenvalue weighted by Crippen LogP contribution is -2.40. The first-order chi connectivity index (χ1) is 4.79. The molecule has 0 spiro atoms. The molecule has 2 bridgehead atoms. The van der Waals surface area contributed by atoms with Crippen LogP contribution in [-0.2, 0) is 0 Å². The lowest BCUT2D eigenvalue weighted by atomic mass is 9.60. The Morgan fingerprint density at radius 3 is 1.60 bits per heavy atom. The van der Waals surface area contributed by atoms with Gasteiger partial charge in [-0.05, 0) is 48.3 Å². The molecule has 4 aliphatic rings. The second-order valence-electron chi connectivity index (χ2n) is 4.86. The molecule has 56 valence electrons. The summed E-state index contributed by atoms with van der Waals surface area (Å²) in [5.41, 5.74) is 0. The van der Waals surface area contributed by atoms with Gasteiger partial charge in [0.2, 0.25) is 0 Å². The molecular formula is C10H16. The van der Waals surface area contributed by atoms with Crippen molar-refractivity contribution in [1.29, 1.82) is 0 Å². The summed E-state index contributed by atoms with van der Waals surface area (Å²) in [7, 11) is 0. The maximum absolute atomic E-state index is 2.46. The first-order valence-corrected chi connectivity index (χ1v) is 4.79. The van der Waals surface area contributed by atoms with Gasteiger partial charge in [-0.25, -0.2) is 0 Å². The Morgan fingerprint density at radius 1 is 0.800 bits per heavy atom. The molecular weight excluding hydrogens is 120 g/mol. The minimum atomic E-state index is 1.07. The highest BCUT2D eigenvalue weighted by atomic mass is 14.7. The van der Waals surface area contributed by atoms with Gasteiger partial charge in [0.05, 0.1) is 0 Å². The van der Waals surface area contributed by atoms with Gasteiger partial charge in [0, 0.05) is 0 Å². The SMILES string of the molecule is CC1C(C)C2C3CC(C3)C12. The summed E-state index contributed by atoms with van der Waals surface area (Å²) in [6, 6.07) is 0. The zero-order valence-corrected chi connectivity index (χ0v) is 6.88. The van der Waals surface area contributed by atoms with E-state index < -0.39 is 0 Å².